The highest BCUT2D eigenvalue weighted by Gasteiger charge is 2.02. The summed E-state index contributed by atoms with van der Waals surface area (Å²) < 4.78 is 0. The third-order valence-electron chi connectivity index (χ3n) is 1.20. The number of aliphatic carboxylic acids is 1. The Morgan fingerprint density at radius 2 is 2.20 bits per heavy atom. The van der Waals surface area contributed by atoms with Crippen LogP contribution in [-0.2, 0) is 4.79 Å². The van der Waals surface area contributed by atoms with E-state index in [1.54, 1.807) is 6.92 Å². The molecule has 0 aromatic rings. The van der Waals surface area contributed by atoms with Crippen molar-refractivity contribution in [2.75, 3.05) is 0 Å². The smallest absolute Gasteiger partial charge is 0.331 e. The normalized spacial score (nSPS) is 14.9. The maximum Gasteiger partial charge on any atom is 0.331 e. The molecule has 0 saturated heterocycles. The third kappa shape index (κ3) is 3.25. The average molecular weight is 144 g/mol. The van der Waals surface area contributed by atoms with Gasteiger partial charge in [0.15, 0.2) is 0 Å². The van der Waals surface area contributed by atoms with Crippen LogP contribution in [0.25, 0.3) is 0 Å². The minimum atomic E-state index is -0.979. The zero-order valence-electron chi connectivity index (χ0n) is 6.16. The summed E-state index contributed by atoms with van der Waals surface area (Å²) in [6.45, 7) is 3.25. The molecule has 3 heteroatoms. The second-order valence-electron chi connectivity index (χ2n) is 2.13. The maximum absolute atomic E-state index is 10.2. The predicted molar refractivity (Wildman–Crippen MR) is 37.7 cm³/mol. The summed E-state index contributed by atoms with van der Waals surface area (Å²) in [7, 11) is 0. The van der Waals surface area contributed by atoms with Crippen LogP contribution < -0.4 is 0 Å². The van der Waals surface area contributed by atoms with Gasteiger partial charge in [-0.2, -0.15) is 0 Å². The molecule has 0 aromatic carbocycles. The number of rotatable bonds is 3. The Morgan fingerprint density at radius 3 is 2.50 bits per heavy atom. The van der Waals surface area contributed by atoms with Crippen LogP contribution in [0.4, 0.5) is 0 Å². The fraction of sp³-hybridized carbons (Fsp3) is 0.571. The van der Waals surface area contributed by atoms with Gasteiger partial charge < -0.3 is 10.2 Å². The lowest BCUT2D eigenvalue weighted by molar-refractivity contribution is -0.132. The summed E-state index contributed by atoms with van der Waals surface area (Å²) in [5.41, 5.74) is 0.189. The van der Waals surface area contributed by atoms with Gasteiger partial charge in [0, 0.05) is 5.57 Å². The van der Waals surface area contributed by atoms with Gasteiger partial charge in [-0.3, -0.25) is 0 Å². The van der Waals surface area contributed by atoms with Crippen molar-refractivity contribution < 1.29 is 15.0 Å². The van der Waals surface area contributed by atoms with Crippen LogP contribution in [0.5, 0.6) is 0 Å². The van der Waals surface area contributed by atoms with Gasteiger partial charge >= 0.3 is 5.97 Å². The summed E-state index contributed by atoms with van der Waals surface area (Å²) in [5.74, 6) is -0.979. The average Bonchev–Trinajstić information content (AvgIpc) is 1.87. The van der Waals surface area contributed by atoms with Crippen LogP contribution in [0.15, 0.2) is 11.6 Å². The van der Waals surface area contributed by atoms with Gasteiger partial charge in [0.2, 0.25) is 0 Å². The first kappa shape index (κ1) is 9.17. The molecule has 0 aliphatic heterocycles. The number of carboxylic acid groups (broad SMARTS) is 1. The lowest BCUT2D eigenvalue weighted by Crippen LogP contribution is -2.04. The van der Waals surface area contributed by atoms with Crippen molar-refractivity contribution in [2.24, 2.45) is 0 Å². The minimum Gasteiger partial charge on any atom is -0.478 e. The molecule has 0 amide bonds. The molecular formula is C7H12O3. The summed E-state index contributed by atoms with van der Waals surface area (Å²) in [6.07, 6.45) is 1.25. The van der Waals surface area contributed by atoms with Gasteiger partial charge in [-0.25, -0.2) is 4.79 Å². The van der Waals surface area contributed by atoms with Crippen LogP contribution >= 0.6 is 0 Å². The first-order chi connectivity index (χ1) is 4.57. The Balaban J connectivity index is 4.02. The molecule has 0 bridgehead atoms. The van der Waals surface area contributed by atoms with Crippen molar-refractivity contribution in [2.45, 2.75) is 26.4 Å². The summed E-state index contributed by atoms with van der Waals surface area (Å²) in [4.78, 5) is 10.2. The molecule has 58 valence electrons. The number of hydrogen-bond donors (Lipinski definition) is 2. The molecule has 0 aliphatic rings. The van der Waals surface area contributed by atoms with Gasteiger partial charge in [-0.15, -0.1) is 0 Å². The van der Waals surface area contributed by atoms with Gasteiger partial charge in [-0.05, 0) is 19.4 Å². The molecule has 0 fully saturated rings. The lowest BCUT2D eigenvalue weighted by atomic mass is 10.2. The van der Waals surface area contributed by atoms with Crippen LogP contribution in [0.1, 0.15) is 20.3 Å². The Labute approximate surface area is 60.0 Å². The summed E-state index contributed by atoms with van der Waals surface area (Å²) in [6, 6.07) is 0. The lowest BCUT2D eigenvalue weighted by Gasteiger charge is -1.99. The van der Waals surface area contributed by atoms with Gasteiger partial charge in [0.1, 0.15) is 0 Å². The second kappa shape index (κ2) is 4.06. The number of aliphatic hydroxyl groups excluding tert-OH is 1. The Morgan fingerprint density at radius 1 is 1.70 bits per heavy atom. The van der Waals surface area contributed by atoms with E-state index in [0.29, 0.717) is 6.42 Å². The monoisotopic (exact) mass is 144 g/mol. The van der Waals surface area contributed by atoms with E-state index in [1.807, 2.05) is 0 Å². The standard InChI is InChI=1S/C7H12O3/c1-3-6(8)4-5(2)7(9)10/h4,6,8H,3H2,1-2H3,(H,9,10)/b5-4+. The molecule has 3 nitrogen and oxygen atoms in total. The topological polar surface area (TPSA) is 57.5 Å². The summed E-state index contributed by atoms with van der Waals surface area (Å²) >= 11 is 0. The highest BCUT2D eigenvalue weighted by atomic mass is 16.4. The van der Waals surface area contributed by atoms with Gasteiger partial charge in [-0.1, -0.05) is 6.92 Å². The highest BCUT2D eigenvalue weighted by molar-refractivity contribution is 5.85. The fourth-order valence-corrected chi connectivity index (χ4v) is 0.478. The van der Waals surface area contributed by atoms with Gasteiger partial charge in [0.25, 0.3) is 0 Å². The molecule has 10 heavy (non-hydrogen) atoms. The fourth-order valence-electron chi connectivity index (χ4n) is 0.478. The first-order valence-corrected chi connectivity index (χ1v) is 3.17. The zero-order chi connectivity index (χ0) is 8.15. The summed E-state index contributed by atoms with van der Waals surface area (Å²) in [5, 5.41) is 17.3. The molecule has 0 radical (unpaired) electrons. The largest absolute Gasteiger partial charge is 0.478 e. The van der Waals surface area contributed by atoms with Crippen molar-refractivity contribution in [1.29, 1.82) is 0 Å². The molecule has 0 saturated carbocycles. The molecule has 1 atom stereocenters. The SMILES string of the molecule is CCC(O)/C=C(\C)C(=O)O. The predicted octanol–water partition coefficient (Wildman–Crippen LogP) is 0.788. The molecule has 0 spiro atoms. The Bertz CT molecular complexity index is 149. The maximum atomic E-state index is 10.2. The van der Waals surface area contributed by atoms with Crippen molar-refractivity contribution in [3.05, 3.63) is 11.6 Å². The van der Waals surface area contributed by atoms with Crippen molar-refractivity contribution >= 4 is 5.97 Å². The van der Waals surface area contributed by atoms with Crippen molar-refractivity contribution in [3.8, 4) is 0 Å². The van der Waals surface area contributed by atoms with Gasteiger partial charge in [0.05, 0.1) is 6.10 Å². The van der Waals surface area contributed by atoms with E-state index in [4.69, 9.17) is 10.2 Å². The van der Waals surface area contributed by atoms with E-state index in [2.05, 4.69) is 0 Å². The molecule has 1 unspecified atom stereocenters. The van der Waals surface area contributed by atoms with E-state index < -0.39 is 12.1 Å². The molecule has 0 aromatic heterocycles. The first-order valence-electron chi connectivity index (χ1n) is 3.17. The van der Waals surface area contributed by atoms with Crippen LogP contribution in [-0.4, -0.2) is 22.3 Å². The van der Waals surface area contributed by atoms with Crippen molar-refractivity contribution in [3.63, 3.8) is 0 Å². The second-order valence-corrected chi connectivity index (χ2v) is 2.13. The van der Waals surface area contributed by atoms with E-state index in [1.165, 1.54) is 13.0 Å². The van der Waals surface area contributed by atoms with Crippen LogP contribution in [0.3, 0.4) is 0 Å². The van der Waals surface area contributed by atoms with E-state index in [9.17, 15) is 4.79 Å². The quantitative estimate of drug-likeness (QED) is 0.576. The Kier molecular flexibility index (Phi) is 3.72. The molecule has 0 aliphatic carbocycles. The number of hydrogen-bond acceptors (Lipinski definition) is 2. The van der Waals surface area contributed by atoms with E-state index in [-0.39, 0.29) is 5.57 Å². The van der Waals surface area contributed by atoms with Crippen LogP contribution in [0.2, 0.25) is 0 Å². The molecular weight excluding hydrogens is 132 g/mol. The molecule has 0 heterocycles. The van der Waals surface area contributed by atoms with Crippen LogP contribution in [0, 0.1) is 0 Å². The zero-order valence-corrected chi connectivity index (χ0v) is 6.16. The number of aliphatic hydroxyl groups is 1. The van der Waals surface area contributed by atoms with E-state index in [0.717, 1.165) is 0 Å². The third-order valence-corrected chi connectivity index (χ3v) is 1.20. The highest BCUT2D eigenvalue weighted by Crippen LogP contribution is 1.98. The van der Waals surface area contributed by atoms with Crippen molar-refractivity contribution in [1.82, 2.24) is 0 Å². The molecule has 2 N–H and O–H groups in total. The van der Waals surface area contributed by atoms with E-state index >= 15 is 0 Å². The number of carboxylic acids is 1. The molecule has 0 rings (SSSR count). The Hall–Kier alpha value is -0.830. The minimum absolute atomic E-state index is 0.189. The number of carbonyl (C=O) groups is 1.